The minimum Gasteiger partial charge on any atom is -0.337 e. The number of nitrogens with zero attached hydrogens (tertiary/aromatic N) is 2. The molecule has 2 unspecified atom stereocenters. The van der Waals surface area contributed by atoms with Gasteiger partial charge in [-0.3, -0.25) is 14.4 Å². The molecule has 0 saturated heterocycles. The lowest BCUT2D eigenvalue weighted by atomic mass is 9.89. The number of hydrogen-bond donors (Lipinski definition) is 1. The molecule has 2 aliphatic rings. The lowest BCUT2D eigenvalue weighted by molar-refractivity contribution is -0.134. The first-order chi connectivity index (χ1) is 16.5. The summed E-state index contributed by atoms with van der Waals surface area (Å²) in [6, 6.07) is 14.5. The molecule has 0 saturated carbocycles. The van der Waals surface area contributed by atoms with E-state index in [1.54, 1.807) is 23.1 Å². The molecule has 5 rings (SSSR count). The molecule has 1 N–H and O–H groups in total. The first-order valence-corrected chi connectivity index (χ1v) is 12.1. The standard InChI is InChI=1S/C27H26ClN3O3/c1-2-3-6-17-14-31(27(34)21-13-23(32)20-8-5-4-7-19(20)21)15-22-24(17)29-25(30-26(22)33)16-9-11-18(28)12-10-16/h4-5,7-12,17,21H,2-3,6,13-15H2,1H3,(H,29,30,33). The van der Waals surface area contributed by atoms with Crippen molar-refractivity contribution in [2.45, 2.75) is 51.0 Å². The molecule has 3 aromatic rings. The van der Waals surface area contributed by atoms with Crippen molar-refractivity contribution in [1.82, 2.24) is 14.9 Å². The number of nitrogens with one attached hydrogen (secondary N) is 1. The van der Waals surface area contributed by atoms with Gasteiger partial charge in [0.1, 0.15) is 5.82 Å². The maximum atomic E-state index is 13.6. The summed E-state index contributed by atoms with van der Waals surface area (Å²) in [7, 11) is 0. The molecule has 0 bridgehead atoms. The van der Waals surface area contributed by atoms with Crippen LogP contribution in [0.4, 0.5) is 0 Å². The zero-order chi connectivity index (χ0) is 23.8. The monoisotopic (exact) mass is 475 g/mol. The molecule has 0 spiro atoms. The minimum atomic E-state index is -0.488. The molecule has 0 radical (unpaired) electrons. The third-order valence-electron chi connectivity index (χ3n) is 6.88. The van der Waals surface area contributed by atoms with Crippen LogP contribution in [0, 0.1) is 0 Å². The molecule has 0 fully saturated rings. The highest BCUT2D eigenvalue weighted by Crippen LogP contribution is 2.37. The van der Waals surface area contributed by atoms with E-state index in [1.807, 2.05) is 30.3 Å². The van der Waals surface area contributed by atoms with Gasteiger partial charge in [-0.2, -0.15) is 0 Å². The number of rotatable bonds is 5. The first kappa shape index (κ1) is 22.5. The summed E-state index contributed by atoms with van der Waals surface area (Å²) >= 11 is 6.02. The maximum Gasteiger partial charge on any atom is 0.256 e. The summed E-state index contributed by atoms with van der Waals surface area (Å²) < 4.78 is 0. The van der Waals surface area contributed by atoms with Crippen molar-refractivity contribution in [3.63, 3.8) is 0 Å². The number of Topliss-reactive ketones (excluding diaryl/α,β-unsaturated/α-hetero) is 1. The van der Waals surface area contributed by atoms with Crippen LogP contribution in [0.2, 0.25) is 5.02 Å². The Balaban J connectivity index is 1.50. The molecule has 2 aromatic carbocycles. The van der Waals surface area contributed by atoms with Gasteiger partial charge in [0, 0.05) is 35.0 Å². The summed E-state index contributed by atoms with van der Waals surface area (Å²) in [5.41, 5.74) is 3.30. The van der Waals surface area contributed by atoms with E-state index >= 15 is 0 Å². The van der Waals surface area contributed by atoms with Gasteiger partial charge in [-0.15, -0.1) is 0 Å². The van der Waals surface area contributed by atoms with E-state index in [-0.39, 0.29) is 36.1 Å². The number of H-pyrrole nitrogens is 1. The maximum absolute atomic E-state index is 13.6. The smallest absolute Gasteiger partial charge is 0.256 e. The molecule has 2 atom stereocenters. The number of fused-ring (bicyclic) bond motifs is 2. The largest absolute Gasteiger partial charge is 0.337 e. The highest BCUT2D eigenvalue weighted by molar-refractivity contribution is 6.30. The van der Waals surface area contributed by atoms with Gasteiger partial charge in [0.2, 0.25) is 5.91 Å². The quantitative estimate of drug-likeness (QED) is 0.558. The van der Waals surface area contributed by atoms with Crippen molar-refractivity contribution in [3.05, 3.63) is 86.3 Å². The molecule has 1 amide bonds. The normalized spacial score (nSPS) is 19.1. The van der Waals surface area contributed by atoms with Crippen LogP contribution in [-0.2, 0) is 11.3 Å². The van der Waals surface area contributed by atoms with Crippen LogP contribution in [0.5, 0.6) is 0 Å². The van der Waals surface area contributed by atoms with Gasteiger partial charge in [-0.05, 0) is 36.2 Å². The Bertz CT molecular complexity index is 1320. The SMILES string of the molecule is CCCCC1CN(C(=O)C2CC(=O)c3ccccc32)Cc2c1nc(-c1ccc(Cl)cc1)[nH]c2=O. The van der Waals surface area contributed by atoms with Crippen molar-refractivity contribution in [1.29, 1.82) is 0 Å². The van der Waals surface area contributed by atoms with Crippen LogP contribution >= 0.6 is 11.6 Å². The number of carbonyl (C=O) groups is 2. The molecule has 174 valence electrons. The molecule has 6 nitrogen and oxygen atoms in total. The Kier molecular flexibility index (Phi) is 6.09. The Morgan fingerprint density at radius 2 is 1.91 bits per heavy atom. The predicted octanol–water partition coefficient (Wildman–Crippen LogP) is 5.08. The van der Waals surface area contributed by atoms with Crippen LogP contribution in [0.25, 0.3) is 11.4 Å². The lowest BCUT2D eigenvalue weighted by Crippen LogP contribution is -2.43. The zero-order valence-corrected chi connectivity index (χ0v) is 19.8. The highest BCUT2D eigenvalue weighted by atomic mass is 35.5. The summed E-state index contributed by atoms with van der Waals surface area (Å²) in [5.74, 6) is -0.101. The van der Waals surface area contributed by atoms with Crippen LogP contribution < -0.4 is 5.56 Å². The van der Waals surface area contributed by atoms with Crippen molar-refractivity contribution in [2.24, 2.45) is 0 Å². The second kappa shape index (κ2) is 9.18. The van der Waals surface area contributed by atoms with E-state index in [4.69, 9.17) is 16.6 Å². The Labute approximate surface area is 203 Å². The summed E-state index contributed by atoms with van der Waals surface area (Å²) in [6.07, 6.45) is 3.01. The average molecular weight is 476 g/mol. The van der Waals surface area contributed by atoms with E-state index < -0.39 is 5.92 Å². The highest BCUT2D eigenvalue weighted by Gasteiger charge is 2.39. The van der Waals surface area contributed by atoms with Crippen LogP contribution in [0.15, 0.2) is 53.3 Å². The number of hydrogen-bond acceptors (Lipinski definition) is 4. The minimum absolute atomic E-state index is 0.000938. The van der Waals surface area contributed by atoms with Gasteiger partial charge < -0.3 is 9.88 Å². The fourth-order valence-electron chi connectivity index (χ4n) is 5.11. The third kappa shape index (κ3) is 4.07. The number of carbonyl (C=O) groups excluding carboxylic acids is 2. The molecule has 1 aromatic heterocycles. The van der Waals surface area contributed by atoms with E-state index in [2.05, 4.69) is 11.9 Å². The van der Waals surface area contributed by atoms with Gasteiger partial charge in [-0.25, -0.2) is 4.98 Å². The predicted molar refractivity (Wildman–Crippen MR) is 131 cm³/mol. The number of aromatic amines is 1. The lowest BCUT2D eigenvalue weighted by Gasteiger charge is -2.35. The molecule has 7 heteroatoms. The Hall–Kier alpha value is -3.25. The molecular formula is C27H26ClN3O3. The number of amides is 1. The van der Waals surface area contributed by atoms with Crippen molar-refractivity contribution < 1.29 is 9.59 Å². The fourth-order valence-corrected chi connectivity index (χ4v) is 5.23. The topological polar surface area (TPSA) is 83.1 Å². The summed E-state index contributed by atoms with van der Waals surface area (Å²) in [5, 5.41) is 0.617. The first-order valence-electron chi connectivity index (χ1n) is 11.8. The van der Waals surface area contributed by atoms with Gasteiger partial charge in [-0.1, -0.05) is 55.6 Å². The molecule has 2 heterocycles. The van der Waals surface area contributed by atoms with Gasteiger partial charge in [0.25, 0.3) is 5.56 Å². The van der Waals surface area contributed by atoms with Crippen LogP contribution in [0.3, 0.4) is 0 Å². The van der Waals surface area contributed by atoms with Gasteiger partial charge in [0.05, 0.1) is 23.7 Å². The second-order valence-corrected chi connectivity index (χ2v) is 9.55. The number of halogens is 1. The van der Waals surface area contributed by atoms with E-state index in [0.29, 0.717) is 28.5 Å². The van der Waals surface area contributed by atoms with E-state index in [9.17, 15) is 14.4 Å². The number of unbranched alkanes of at least 4 members (excludes halogenated alkanes) is 1. The van der Waals surface area contributed by atoms with Gasteiger partial charge >= 0.3 is 0 Å². The Morgan fingerprint density at radius 1 is 1.15 bits per heavy atom. The van der Waals surface area contributed by atoms with Gasteiger partial charge in [0.15, 0.2) is 5.78 Å². The van der Waals surface area contributed by atoms with Crippen LogP contribution in [0.1, 0.15) is 71.6 Å². The van der Waals surface area contributed by atoms with E-state index in [0.717, 1.165) is 36.1 Å². The zero-order valence-electron chi connectivity index (χ0n) is 19.0. The molecule has 1 aliphatic carbocycles. The average Bonchev–Trinajstić information content (AvgIpc) is 3.19. The van der Waals surface area contributed by atoms with Crippen molar-refractivity contribution >= 4 is 23.3 Å². The van der Waals surface area contributed by atoms with Crippen LogP contribution in [-0.4, -0.2) is 33.1 Å². The fraction of sp³-hybridized carbons (Fsp3) is 0.333. The molecule has 1 aliphatic heterocycles. The number of ketones is 1. The number of aromatic nitrogens is 2. The van der Waals surface area contributed by atoms with Crippen molar-refractivity contribution in [2.75, 3.05) is 6.54 Å². The summed E-state index contributed by atoms with van der Waals surface area (Å²) in [6.45, 7) is 2.82. The molecule has 34 heavy (non-hydrogen) atoms. The summed E-state index contributed by atoms with van der Waals surface area (Å²) in [4.78, 5) is 48.7. The van der Waals surface area contributed by atoms with Crippen molar-refractivity contribution in [3.8, 4) is 11.4 Å². The van der Waals surface area contributed by atoms with E-state index in [1.165, 1.54) is 0 Å². The second-order valence-electron chi connectivity index (χ2n) is 9.11. The molecular weight excluding hydrogens is 450 g/mol. The third-order valence-corrected chi connectivity index (χ3v) is 7.14. The number of benzene rings is 2. The Morgan fingerprint density at radius 3 is 2.68 bits per heavy atom.